The molecule has 2 aliphatic rings. The Labute approximate surface area is 168 Å². The second kappa shape index (κ2) is 6.31. The Balaban J connectivity index is 1.84. The van der Waals surface area contributed by atoms with Crippen LogP contribution in [0.1, 0.15) is 63.9 Å². The number of hydrogen-bond donors (Lipinski definition) is 0. The van der Waals surface area contributed by atoms with Crippen LogP contribution in [0.5, 0.6) is 0 Å². The maximum absolute atomic E-state index is 13.8. The molecule has 2 heterocycles. The van der Waals surface area contributed by atoms with E-state index in [0.29, 0.717) is 16.9 Å². The van der Waals surface area contributed by atoms with Gasteiger partial charge in [-0.3, -0.25) is 0 Å². The van der Waals surface area contributed by atoms with Gasteiger partial charge >= 0.3 is 13.3 Å². The normalized spacial score (nSPS) is 22.6. The average molecular weight is 407 g/mol. The van der Waals surface area contributed by atoms with Crippen molar-refractivity contribution >= 4 is 12.6 Å². The van der Waals surface area contributed by atoms with Gasteiger partial charge in [-0.25, -0.2) is 0 Å². The van der Waals surface area contributed by atoms with E-state index in [1.807, 2.05) is 34.7 Å². The summed E-state index contributed by atoms with van der Waals surface area (Å²) in [4.78, 5) is 0. The van der Waals surface area contributed by atoms with Gasteiger partial charge in [0.1, 0.15) is 12.2 Å². The summed E-state index contributed by atoms with van der Waals surface area (Å²) in [6.07, 6.45) is -0.514. The lowest BCUT2D eigenvalue weighted by Crippen LogP contribution is -2.41. The highest BCUT2D eigenvalue weighted by Crippen LogP contribution is 2.49. The summed E-state index contributed by atoms with van der Waals surface area (Å²) in [5, 5.41) is 8.17. The first kappa shape index (κ1) is 20.4. The zero-order chi connectivity index (χ0) is 21.2. The van der Waals surface area contributed by atoms with Crippen LogP contribution in [0.2, 0.25) is 0 Å². The maximum Gasteiger partial charge on any atom is 0.494 e. The summed E-state index contributed by atoms with van der Waals surface area (Å²) in [6.45, 7) is 7.53. The number of rotatable bonds is 3. The molecule has 0 bridgehead atoms. The van der Waals surface area contributed by atoms with Crippen molar-refractivity contribution in [3.8, 4) is 0 Å². The number of aromatic nitrogens is 3. The fourth-order valence-corrected chi connectivity index (χ4v) is 4.10. The highest BCUT2D eigenvalue weighted by Gasteiger charge is 2.53. The minimum atomic E-state index is -4.47. The third-order valence-electron chi connectivity index (χ3n) is 6.71. The summed E-state index contributed by atoms with van der Waals surface area (Å²) >= 11 is 0. The van der Waals surface area contributed by atoms with Gasteiger partial charge in [-0.05, 0) is 57.6 Å². The molecule has 0 unspecified atom stereocenters. The average Bonchev–Trinajstić information content (AvgIpc) is 3.07. The molecule has 0 amide bonds. The van der Waals surface area contributed by atoms with Gasteiger partial charge in [0.05, 0.1) is 22.2 Å². The molecule has 0 radical (unpaired) electrons. The first-order valence-electron chi connectivity index (χ1n) is 9.79. The zero-order valence-corrected chi connectivity index (χ0v) is 17.3. The van der Waals surface area contributed by atoms with Crippen LogP contribution < -0.4 is 5.46 Å². The Morgan fingerprint density at radius 2 is 1.66 bits per heavy atom. The lowest BCUT2D eigenvalue weighted by atomic mass is 9.62. The van der Waals surface area contributed by atoms with Gasteiger partial charge in [0.25, 0.3) is 0 Å². The van der Waals surface area contributed by atoms with E-state index in [2.05, 4.69) is 10.2 Å². The van der Waals surface area contributed by atoms with Crippen LogP contribution in [0.3, 0.4) is 0 Å². The van der Waals surface area contributed by atoms with Gasteiger partial charge in [0.15, 0.2) is 0 Å². The molecule has 0 N–H and O–H groups in total. The lowest BCUT2D eigenvalue weighted by molar-refractivity contribution is -0.137. The molecule has 2 fully saturated rings. The topological polar surface area (TPSA) is 49.2 Å². The number of aryl methyl sites for hydroxylation is 1. The van der Waals surface area contributed by atoms with Crippen molar-refractivity contribution in [3.63, 3.8) is 0 Å². The molecular weight excluding hydrogens is 382 g/mol. The monoisotopic (exact) mass is 407 g/mol. The van der Waals surface area contributed by atoms with E-state index in [9.17, 15) is 13.2 Å². The van der Waals surface area contributed by atoms with Crippen LogP contribution >= 0.6 is 0 Å². The Bertz CT molecular complexity index is 919. The Morgan fingerprint density at radius 1 is 1.03 bits per heavy atom. The van der Waals surface area contributed by atoms with Crippen LogP contribution in [0, 0.1) is 0 Å². The molecule has 4 rings (SSSR count). The van der Waals surface area contributed by atoms with Gasteiger partial charge < -0.3 is 13.9 Å². The molecule has 2 aromatic rings. The molecule has 1 aromatic carbocycles. The molecular formula is C20H25BF3N3O2. The maximum atomic E-state index is 13.8. The third kappa shape index (κ3) is 3.19. The second-order valence-corrected chi connectivity index (χ2v) is 9.13. The Hall–Kier alpha value is -1.87. The SMILES string of the molecule is Cn1cnnc1C1(c2cc(B3OC(C)(C)C(C)(C)O3)cc(C(F)(F)F)c2)CCC1. The van der Waals surface area contributed by atoms with Crippen molar-refractivity contribution in [1.29, 1.82) is 0 Å². The first-order chi connectivity index (χ1) is 13.4. The van der Waals surface area contributed by atoms with E-state index < -0.39 is 35.5 Å². The molecule has 9 heteroatoms. The highest BCUT2D eigenvalue weighted by atomic mass is 19.4. The van der Waals surface area contributed by atoms with Gasteiger partial charge in [0.2, 0.25) is 0 Å². The minimum absolute atomic E-state index is 0.377. The van der Waals surface area contributed by atoms with Crippen LogP contribution in [0.25, 0.3) is 0 Å². The minimum Gasteiger partial charge on any atom is -0.399 e. The molecule has 1 saturated heterocycles. The van der Waals surface area contributed by atoms with Crippen LogP contribution in [-0.2, 0) is 27.9 Å². The first-order valence-corrected chi connectivity index (χ1v) is 9.79. The Morgan fingerprint density at radius 3 is 2.10 bits per heavy atom. The van der Waals surface area contributed by atoms with E-state index in [4.69, 9.17) is 9.31 Å². The van der Waals surface area contributed by atoms with E-state index >= 15 is 0 Å². The van der Waals surface area contributed by atoms with Gasteiger partial charge in [-0.2, -0.15) is 13.2 Å². The van der Waals surface area contributed by atoms with Crippen LogP contribution in [0.15, 0.2) is 24.5 Å². The molecule has 1 aliphatic heterocycles. The van der Waals surface area contributed by atoms with Crippen LogP contribution in [-0.4, -0.2) is 33.1 Å². The summed E-state index contributed by atoms with van der Waals surface area (Å²) in [5.41, 5.74) is -1.59. The van der Waals surface area contributed by atoms with Crippen molar-refractivity contribution in [2.45, 2.75) is 69.8 Å². The van der Waals surface area contributed by atoms with Crippen molar-refractivity contribution in [3.05, 3.63) is 41.5 Å². The molecule has 0 spiro atoms. The summed E-state index contributed by atoms with van der Waals surface area (Å²) in [6, 6.07) is 4.16. The second-order valence-electron chi connectivity index (χ2n) is 9.13. The largest absolute Gasteiger partial charge is 0.494 e. The van der Waals surface area contributed by atoms with Crippen LogP contribution in [0.4, 0.5) is 13.2 Å². The molecule has 5 nitrogen and oxygen atoms in total. The van der Waals surface area contributed by atoms with Crippen molar-refractivity contribution in [2.24, 2.45) is 7.05 Å². The lowest BCUT2D eigenvalue weighted by Gasteiger charge is -2.41. The van der Waals surface area contributed by atoms with E-state index in [0.717, 1.165) is 25.3 Å². The molecule has 29 heavy (non-hydrogen) atoms. The van der Waals surface area contributed by atoms with Gasteiger partial charge in [0, 0.05) is 7.05 Å². The summed E-state index contributed by atoms with van der Waals surface area (Å²) < 4.78 is 55.1. The molecule has 1 aliphatic carbocycles. The zero-order valence-electron chi connectivity index (χ0n) is 17.3. The fourth-order valence-electron chi connectivity index (χ4n) is 4.10. The van der Waals surface area contributed by atoms with E-state index in [1.54, 1.807) is 17.0 Å². The Kier molecular flexibility index (Phi) is 4.44. The number of halogens is 3. The summed E-state index contributed by atoms with van der Waals surface area (Å²) in [7, 11) is 0.954. The number of nitrogens with zero attached hydrogens (tertiary/aromatic N) is 3. The predicted octanol–water partition coefficient (Wildman–Crippen LogP) is 3.60. The van der Waals surface area contributed by atoms with Gasteiger partial charge in [-0.1, -0.05) is 18.6 Å². The quantitative estimate of drug-likeness (QED) is 0.730. The molecule has 1 saturated carbocycles. The molecule has 0 atom stereocenters. The molecule has 1 aromatic heterocycles. The third-order valence-corrected chi connectivity index (χ3v) is 6.71. The predicted molar refractivity (Wildman–Crippen MR) is 103 cm³/mol. The number of alkyl halides is 3. The van der Waals surface area contributed by atoms with Crippen molar-refractivity contribution in [1.82, 2.24) is 14.8 Å². The van der Waals surface area contributed by atoms with Crippen molar-refractivity contribution in [2.75, 3.05) is 0 Å². The van der Waals surface area contributed by atoms with Crippen molar-refractivity contribution < 1.29 is 22.5 Å². The van der Waals surface area contributed by atoms with E-state index in [-0.39, 0.29) is 0 Å². The smallest absolute Gasteiger partial charge is 0.399 e. The molecule has 156 valence electrons. The van der Waals surface area contributed by atoms with E-state index in [1.165, 1.54) is 6.07 Å². The number of benzene rings is 1. The summed E-state index contributed by atoms with van der Waals surface area (Å²) in [5.74, 6) is 0.683. The number of hydrogen-bond acceptors (Lipinski definition) is 4. The highest BCUT2D eigenvalue weighted by molar-refractivity contribution is 6.62. The fraction of sp³-hybridized carbons (Fsp3) is 0.600. The standard InChI is InChI=1S/C20H25BF3N3O2/c1-17(2)18(3,4)29-21(28-17)15-10-13(9-14(11-15)20(22,23)24)19(7-6-8-19)16-26-25-12-27(16)5/h9-12H,6-8H2,1-5H3. The van der Waals surface area contributed by atoms with Gasteiger partial charge in [-0.15, -0.1) is 10.2 Å².